The second-order valence-electron chi connectivity index (χ2n) is 3.68. The molecule has 2 nitrogen and oxygen atoms in total. The normalized spacial score (nSPS) is 12.4. The molecule has 0 heterocycles. The molecule has 2 heteroatoms. The molecule has 76 valence electrons. The number of allylic oxidation sites excluding steroid dienone is 1. The number of benzene rings is 1. The van der Waals surface area contributed by atoms with Crippen LogP contribution in [0.25, 0.3) is 0 Å². The van der Waals surface area contributed by atoms with E-state index < -0.39 is 6.10 Å². The summed E-state index contributed by atoms with van der Waals surface area (Å²) >= 11 is 0. The Labute approximate surface area is 85.1 Å². The zero-order valence-corrected chi connectivity index (χ0v) is 8.53. The monoisotopic (exact) mass is 191 g/mol. The Bertz CT molecular complexity index is 320. The minimum absolute atomic E-state index is 0.435. The van der Waals surface area contributed by atoms with Crippen LogP contribution in [-0.4, -0.2) is 5.11 Å². The topological polar surface area (TPSA) is 46.2 Å². The predicted molar refractivity (Wildman–Crippen MR) is 59.9 cm³/mol. The lowest BCUT2D eigenvalue weighted by molar-refractivity contribution is 0.168. The van der Waals surface area contributed by atoms with E-state index in [2.05, 4.69) is 6.58 Å². The summed E-state index contributed by atoms with van der Waals surface area (Å²) in [5.41, 5.74) is 8.29. The minimum atomic E-state index is -0.435. The average Bonchev–Trinajstić information content (AvgIpc) is 2.14. The molecular weight excluding hydrogens is 174 g/mol. The smallest absolute Gasteiger partial charge is 0.0793 e. The lowest BCUT2D eigenvalue weighted by Crippen LogP contribution is -1.98. The molecular formula is C12H17NO. The van der Waals surface area contributed by atoms with Crippen LogP contribution < -0.4 is 5.73 Å². The largest absolute Gasteiger partial charge is 0.399 e. The van der Waals surface area contributed by atoms with Crippen LogP contribution in [-0.2, 0) is 0 Å². The number of hydrogen-bond acceptors (Lipinski definition) is 2. The van der Waals surface area contributed by atoms with Gasteiger partial charge in [-0.2, -0.15) is 0 Å². The van der Waals surface area contributed by atoms with Gasteiger partial charge in [-0.15, -0.1) is 6.58 Å². The van der Waals surface area contributed by atoms with Gasteiger partial charge in [-0.25, -0.2) is 0 Å². The highest BCUT2D eigenvalue weighted by Gasteiger charge is 2.06. The molecule has 0 aliphatic carbocycles. The highest BCUT2D eigenvalue weighted by Crippen LogP contribution is 2.21. The molecule has 1 atom stereocenters. The Morgan fingerprint density at radius 1 is 1.57 bits per heavy atom. The third kappa shape index (κ3) is 3.23. The summed E-state index contributed by atoms with van der Waals surface area (Å²) in [7, 11) is 0. The van der Waals surface area contributed by atoms with Gasteiger partial charge in [0.2, 0.25) is 0 Å². The predicted octanol–water partition coefficient (Wildman–Crippen LogP) is 2.66. The molecule has 1 aromatic rings. The Morgan fingerprint density at radius 2 is 2.29 bits per heavy atom. The van der Waals surface area contributed by atoms with Gasteiger partial charge in [0.05, 0.1) is 6.10 Å². The van der Waals surface area contributed by atoms with Crippen molar-refractivity contribution < 1.29 is 5.11 Å². The molecule has 0 radical (unpaired) electrons. The van der Waals surface area contributed by atoms with Crippen molar-refractivity contribution in [2.24, 2.45) is 0 Å². The Morgan fingerprint density at radius 3 is 2.86 bits per heavy atom. The van der Waals surface area contributed by atoms with Crippen molar-refractivity contribution in [3.63, 3.8) is 0 Å². The van der Waals surface area contributed by atoms with Crippen LogP contribution in [0.4, 0.5) is 5.69 Å². The Kier molecular flexibility index (Phi) is 3.72. The van der Waals surface area contributed by atoms with Crippen molar-refractivity contribution in [2.75, 3.05) is 5.73 Å². The molecule has 14 heavy (non-hydrogen) atoms. The second-order valence-corrected chi connectivity index (χ2v) is 3.68. The van der Waals surface area contributed by atoms with Crippen molar-refractivity contribution in [2.45, 2.75) is 25.9 Å². The molecule has 1 unspecified atom stereocenters. The van der Waals surface area contributed by atoms with E-state index in [9.17, 15) is 5.11 Å². The first-order valence-electron chi connectivity index (χ1n) is 4.77. The lowest BCUT2D eigenvalue weighted by Gasteiger charge is -2.11. The number of anilines is 1. The standard InChI is InChI=1S/C12H17NO/c1-9(2)6-7-12(14)10-4-3-5-11(13)8-10/h3-5,8,12,14H,1,6-7,13H2,2H3. The van der Waals surface area contributed by atoms with Crippen LogP contribution in [0.5, 0.6) is 0 Å². The van der Waals surface area contributed by atoms with Gasteiger partial charge in [-0.05, 0) is 37.5 Å². The summed E-state index contributed by atoms with van der Waals surface area (Å²) < 4.78 is 0. The summed E-state index contributed by atoms with van der Waals surface area (Å²) in [6.07, 6.45) is 1.12. The van der Waals surface area contributed by atoms with E-state index in [1.165, 1.54) is 0 Å². The molecule has 1 rings (SSSR count). The molecule has 0 aromatic heterocycles. The number of nitrogen functional groups attached to an aromatic ring is 1. The van der Waals surface area contributed by atoms with E-state index in [4.69, 9.17) is 5.73 Å². The summed E-state index contributed by atoms with van der Waals surface area (Å²) in [6.45, 7) is 5.77. The van der Waals surface area contributed by atoms with E-state index in [0.29, 0.717) is 12.1 Å². The zero-order valence-electron chi connectivity index (χ0n) is 8.53. The van der Waals surface area contributed by atoms with Gasteiger partial charge in [0.15, 0.2) is 0 Å². The van der Waals surface area contributed by atoms with E-state index >= 15 is 0 Å². The van der Waals surface area contributed by atoms with Crippen molar-refractivity contribution in [3.8, 4) is 0 Å². The minimum Gasteiger partial charge on any atom is -0.399 e. The van der Waals surface area contributed by atoms with Gasteiger partial charge in [-0.3, -0.25) is 0 Å². The maximum atomic E-state index is 9.80. The van der Waals surface area contributed by atoms with Crippen LogP contribution in [0.3, 0.4) is 0 Å². The molecule has 0 spiro atoms. The third-order valence-corrected chi connectivity index (χ3v) is 2.14. The number of nitrogens with two attached hydrogens (primary N) is 1. The van der Waals surface area contributed by atoms with E-state index in [1.54, 1.807) is 0 Å². The Hall–Kier alpha value is -1.28. The van der Waals surface area contributed by atoms with Gasteiger partial charge < -0.3 is 10.8 Å². The first-order valence-corrected chi connectivity index (χ1v) is 4.77. The number of hydrogen-bond donors (Lipinski definition) is 2. The lowest BCUT2D eigenvalue weighted by atomic mass is 10.0. The first kappa shape index (κ1) is 10.8. The molecule has 0 fully saturated rings. The van der Waals surface area contributed by atoms with Crippen LogP contribution in [0.1, 0.15) is 31.4 Å². The molecule has 0 bridgehead atoms. The number of aliphatic hydroxyl groups is 1. The van der Waals surface area contributed by atoms with Crippen LogP contribution in [0, 0.1) is 0 Å². The van der Waals surface area contributed by atoms with Crippen LogP contribution >= 0.6 is 0 Å². The van der Waals surface area contributed by atoms with Crippen LogP contribution in [0.2, 0.25) is 0 Å². The molecule has 0 amide bonds. The fraction of sp³-hybridized carbons (Fsp3) is 0.333. The SMILES string of the molecule is C=C(C)CCC(O)c1cccc(N)c1. The Balaban J connectivity index is 2.60. The molecule has 1 aromatic carbocycles. The van der Waals surface area contributed by atoms with Crippen molar-refractivity contribution in [3.05, 3.63) is 42.0 Å². The van der Waals surface area contributed by atoms with E-state index in [0.717, 1.165) is 17.6 Å². The first-order chi connectivity index (χ1) is 6.59. The highest BCUT2D eigenvalue weighted by atomic mass is 16.3. The van der Waals surface area contributed by atoms with Gasteiger partial charge in [0, 0.05) is 5.69 Å². The van der Waals surface area contributed by atoms with Gasteiger partial charge in [0.1, 0.15) is 0 Å². The fourth-order valence-corrected chi connectivity index (χ4v) is 1.32. The van der Waals surface area contributed by atoms with Crippen LogP contribution in [0.15, 0.2) is 36.4 Å². The quantitative estimate of drug-likeness (QED) is 0.567. The molecule has 0 aliphatic rings. The maximum Gasteiger partial charge on any atom is 0.0793 e. The maximum absolute atomic E-state index is 9.80. The summed E-state index contributed by atoms with van der Waals surface area (Å²) in [4.78, 5) is 0. The van der Waals surface area contributed by atoms with E-state index in [-0.39, 0.29) is 0 Å². The zero-order chi connectivity index (χ0) is 10.6. The van der Waals surface area contributed by atoms with Crippen molar-refractivity contribution in [1.29, 1.82) is 0 Å². The van der Waals surface area contributed by atoms with Gasteiger partial charge >= 0.3 is 0 Å². The number of aliphatic hydroxyl groups excluding tert-OH is 1. The fourth-order valence-electron chi connectivity index (χ4n) is 1.32. The molecule has 0 saturated heterocycles. The van der Waals surface area contributed by atoms with Crippen molar-refractivity contribution >= 4 is 5.69 Å². The number of rotatable bonds is 4. The van der Waals surface area contributed by atoms with Crippen molar-refractivity contribution in [1.82, 2.24) is 0 Å². The summed E-state index contributed by atoms with van der Waals surface area (Å²) in [6, 6.07) is 7.37. The third-order valence-electron chi connectivity index (χ3n) is 2.14. The van der Waals surface area contributed by atoms with Gasteiger partial charge in [-0.1, -0.05) is 17.7 Å². The molecule has 0 aliphatic heterocycles. The van der Waals surface area contributed by atoms with Gasteiger partial charge in [0.25, 0.3) is 0 Å². The summed E-state index contributed by atoms with van der Waals surface area (Å²) in [5, 5.41) is 9.80. The summed E-state index contributed by atoms with van der Waals surface area (Å²) in [5.74, 6) is 0. The van der Waals surface area contributed by atoms with E-state index in [1.807, 2.05) is 31.2 Å². The molecule has 0 saturated carbocycles. The molecule has 3 N–H and O–H groups in total. The highest BCUT2D eigenvalue weighted by molar-refractivity contribution is 5.41. The average molecular weight is 191 g/mol. The second kappa shape index (κ2) is 4.82.